The molecule has 0 atom stereocenters. The normalized spacial score (nSPS) is 11.7. The minimum absolute atomic E-state index is 0.0892. The molecular weight excluding hydrogens is 411 g/mol. The summed E-state index contributed by atoms with van der Waals surface area (Å²) in [6.45, 7) is 2.27. The summed E-state index contributed by atoms with van der Waals surface area (Å²) in [6.07, 6.45) is 5.37. The SMILES string of the molecule is CCCCC/C(=C\I)[Te]c1ccccc1. The molecule has 0 unspecified atom stereocenters. The predicted molar refractivity (Wildman–Crippen MR) is 78.1 cm³/mol. The second-order valence-corrected chi connectivity index (χ2v) is 7.50. The molecule has 1 aromatic carbocycles. The van der Waals surface area contributed by atoms with Crippen LogP contribution in [0, 0.1) is 0 Å². The molecule has 0 amide bonds. The molecule has 0 N–H and O–H groups in total. The fourth-order valence-corrected chi connectivity index (χ4v) is 5.01. The summed E-state index contributed by atoms with van der Waals surface area (Å²) in [7, 11) is 0. The molecule has 2 heteroatoms. The second-order valence-electron chi connectivity index (χ2n) is 3.45. The maximum absolute atomic E-state index is 2.40. The zero-order valence-corrected chi connectivity index (χ0v) is 13.6. The first kappa shape index (κ1) is 13.5. The van der Waals surface area contributed by atoms with Crippen molar-refractivity contribution in [3.05, 3.63) is 38.0 Å². The van der Waals surface area contributed by atoms with Crippen molar-refractivity contribution in [3.8, 4) is 0 Å². The van der Waals surface area contributed by atoms with Crippen molar-refractivity contribution in [2.75, 3.05) is 0 Å². The van der Waals surface area contributed by atoms with E-state index in [1.54, 1.807) is 7.23 Å². The van der Waals surface area contributed by atoms with Gasteiger partial charge in [-0.05, 0) is 0 Å². The van der Waals surface area contributed by atoms with Crippen molar-refractivity contribution in [3.63, 3.8) is 0 Å². The Morgan fingerprint density at radius 3 is 2.60 bits per heavy atom. The summed E-state index contributed by atoms with van der Waals surface area (Å²) in [4.78, 5) is 0. The Morgan fingerprint density at radius 2 is 2.00 bits per heavy atom. The Hall–Kier alpha value is 0.480. The van der Waals surface area contributed by atoms with Gasteiger partial charge in [0.1, 0.15) is 0 Å². The van der Waals surface area contributed by atoms with Crippen LogP contribution in [0.4, 0.5) is 0 Å². The molecule has 0 saturated heterocycles. The summed E-state index contributed by atoms with van der Waals surface area (Å²) >= 11 is 2.31. The molecule has 0 bridgehead atoms. The number of rotatable bonds is 6. The van der Waals surface area contributed by atoms with Crippen LogP contribution in [0.3, 0.4) is 0 Å². The molecule has 0 aliphatic rings. The topological polar surface area (TPSA) is 0 Å². The molecule has 0 heterocycles. The number of unbranched alkanes of at least 4 members (excludes halogenated alkanes) is 2. The molecule has 0 nitrogen and oxygen atoms in total. The van der Waals surface area contributed by atoms with E-state index >= 15 is 0 Å². The second kappa shape index (κ2) is 8.61. The average Bonchev–Trinajstić information content (AvgIpc) is 2.29. The van der Waals surface area contributed by atoms with Gasteiger partial charge < -0.3 is 0 Å². The molecule has 0 aliphatic heterocycles. The van der Waals surface area contributed by atoms with Gasteiger partial charge in [0, 0.05) is 0 Å². The third-order valence-corrected chi connectivity index (χ3v) is 7.32. The van der Waals surface area contributed by atoms with Gasteiger partial charge in [0.25, 0.3) is 0 Å². The summed E-state index contributed by atoms with van der Waals surface area (Å²) in [5, 5.41) is 0. The summed E-state index contributed by atoms with van der Waals surface area (Å²) in [5.41, 5.74) is 0. The van der Waals surface area contributed by atoms with Gasteiger partial charge in [-0.3, -0.25) is 0 Å². The van der Waals surface area contributed by atoms with E-state index in [1.807, 2.05) is 0 Å². The molecule has 0 aliphatic carbocycles. The third kappa shape index (κ3) is 5.94. The van der Waals surface area contributed by atoms with Crippen LogP contribution in [-0.2, 0) is 0 Å². The Bertz CT molecular complexity index is 293. The van der Waals surface area contributed by atoms with E-state index in [0.717, 1.165) is 0 Å². The van der Waals surface area contributed by atoms with Crippen LogP contribution >= 0.6 is 22.6 Å². The van der Waals surface area contributed by atoms with Gasteiger partial charge in [-0.15, -0.1) is 0 Å². The van der Waals surface area contributed by atoms with Crippen LogP contribution in [0.15, 0.2) is 38.0 Å². The number of hydrogen-bond acceptors (Lipinski definition) is 0. The number of halogens is 1. The van der Waals surface area contributed by atoms with E-state index in [1.165, 1.54) is 25.7 Å². The van der Waals surface area contributed by atoms with Crippen molar-refractivity contribution >= 4 is 47.1 Å². The van der Waals surface area contributed by atoms with Crippen molar-refractivity contribution in [2.24, 2.45) is 0 Å². The number of benzene rings is 1. The molecular formula is C13H17ITe. The van der Waals surface area contributed by atoms with Crippen molar-refractivity contribution in [2.45, 2.75) is 32.6 Å². The first-order valence-electron chi connectivity index (χ1n) is 5.39. The van der Waals surface area contributed by atoms with Crippen molar-refractivity contribution in [1.29, 1.82) is 0 Å². The molecule has 0 aromatic heterocycles. The standard InChI is InChI=1S/C13H17ITe/c1-2-3-5-10-13(11-14)15-12-8-6-4-7-9-12/h4,6-9,11H,2-3,5,10H2,1H3/b13-11+. The molecule has 0 fully saturated rings. The zero-order valence-electron chi connectivity index (χ0n) is 9.08. The van der Waals surface area contributed by atoms with Crippen molar-refractivity contribution < 1.29 is 0 Å². The van der Waals surface area contributed by atoms with Gasteiger partial charge in [-0.25, -0.2) is 0 Å². The Labute approximate surface area is 117 Å². The quantitative estimate of drug-likeness (QED) is 0.367. The van der Waals surface area contributed by atoms with E-state index in [2.05, 4.69) is 63.9 Å². The Kier molecular flexibility index (Phi) is 7.78. The van der Waals surface area contributed by atoms with Crippen LogP contribution in [0.1, 0.15) is 32.6 Å². The molecule has 1 aromatic rings. The molecule has 15 heavy (non-hydrogen) atoms. The van der Waals surface area contributed by atoms with E-state index in [0.29, 0.717) is 0 Å². The van der Waals surface area contributed by atoms with Crippen LogP contribution in [0.25, 0.3) is 0 Å². The molecule has 0 saturated carbocycles. The predicted octanol–water partition coefficient (Wildman–Crippen LogP) is 3.87. The van der Waals surface area contributed by atoms with Crippen LogP contribution in [0.2, 0.25) is 0 Å². The van der Waals surface area contributed by atoms with Crippen LogP contribution in [0.5, 0.6) is 0 Å². The maximum atomic E-state index is 2.40. The van der Waals surface area contributed by atoms with Gasteiger partial charge in [0.05, 0.1) is 0 Å². The van der Waals surface area contributed by atoms with Gasteiger partial charge in [-0.1, -0.05) is 0 Å². The summed E-state index contributed by atoms with van der Waals surface area (Å²) in [5.74, 6) is 0. The minimum atomic E-state index is -0.0892. The molecule has 82 valence electrons. The van der Waals surface area contributed by atoms with Gasteiger partial charge in [-0.2, -0.15) is 0 Å². The van der Waals surface area contributed by atoms with E-state index in [9.17, 15) is 0 Å². The van der Waals surface area contributed by atoms with E-state index in [-0.39, 0.29) is 20.9 Å². The molecule has 1 rings (SSSR count). The Morgan fingerprint density at radius 1 is 1.27 bits per heavy atom. The van der Waals surface area contributed by atoms with Gasteiger partial charge in [0.15, 0.2) is 0 Å². The zero-order chi connectivity index (χ0) is 10.9. The van der Waals surface area contributed by atoms with Gasteiger partial charge in [0.2, 0.25) is 0 Å². The van der Waals surface area contributed by atoms with Crippen LogP contribution in [-0.4, -0.2) is 20.9 Å². The summed E-state index contributed by atoms with van der Waals surface area (Å²) < 4.78 is 5.56. The number of hydrogen-bond donors (Lipinski definition) is 0. The fourth-order valence-electron chi connectivity index (χ4n) is 1.32. The monoisotopic (exact) mass is 430 g/mol. The van der Waals surface area contributed by atoms with Crippen LogP contribution < -0.4 is 3.61 Å². The third-order valence-electron chi connectivity index (χ3n) is 2.14. The fraction of sp³-hybridized carbons (Fsp3) is 0.385. The average molecular weight is 428 g/mol. The first-order valence-corrected chi connectivity index (χ1v) is 8.96. The van der Waals surface area contributed by atoms with E-state index in [4.69, 9.17) is 0 Å². The molecule has 0 spiro atoms. The van der Waals surface area contributed by atoms with E-state index < -0.39 is 0 Å². The first-order chi connectivity index (χ1) is 7.36. The Balaban J connectivity index is 2.41. The van der Waals surface area contributed by atoms with Crippen molar-refractivity contribution in [1.82, 2.24) is 0 Å². The van der Waals surface area contributed by atoms with Gasteiger partial charge >= 0.3 is 118 Å². The molecule has 0 radical (unpaired) electrons. The number of allylic oxidation sites excluding steroid dienone is 1. The summed E-state index contributed by atoms with van der Waals surface area (Å²) in [6, 6.07) is 10.9.